The van der Waals surface area contributed by atoms with Crippen LogP contribution in [-0.2, 0) is 6.54 Å². The zero-order valence-corrected chi connectivity index (χ0v) is 13.1. The van der Waals surface area contributed by atoms with Gasteiger partial charge in [0.05, 0.1) is 5.02 Å². The van der Waals surface area contributed by atoms with Gasteiger partial charge in [0.15, 0.2) is 0 Å². The number of hydrogen-bond acceptors (Lipinski definition) is 3. The van der Waals surface area contributed by atoms with Gasteiger partial charge in [-0.15, -0.1) is 24.8 Å². The van der Waals surface area contributed by atoms with Crippen LogP contribution in [0.25, 0.3) is 0 Å². The summed E-state index contributed by atoms with van der Waals surface area (Å²) in [5.41, 5.74) is 1.19. The first-order valence-electron chi connectivity index (χ1n) is 6.38. The molecule has 2 atom stereocenters. The predicted octanol–water partition coefficient (Wildman–Crippen LogP) is 2.90. The minimum atomic E-state index is 0. The van der Waals surface area contributed by atoms with Gasteiger partial charge in [-0.1, -0.05) is 11.6 Å². The molecule has 19 heavy (non-hydrogen) atoms. The van der Waals surface area contributed by atoms with Gasteiger partial charge in [0.1, 0.15) is 0 Å². The second-order valence-electron chi connectivity index (χ2n) is 5.13. The summed E-state index contributed by atoms with van der Waals surface area (Å²) in [5.74, 6) is 0. The van der Waals surface area contributed by atoms with Crippen LogP contribution in [0.1, 0.15) is 24.8 Å². The average molecular weight is 325 g/mol. The molecule has 0 aliphatic carbocycles. The Bertz CT molecular complexity index is 402. The number of aromatic nitrogens is 1. The molecule has 0 spiro atoms. The van der Waals surface area contributed by atoms with Crippen LogP contribution in [0.2, 0.25) is 5.02 Å². The lowest BCUT2D eigenvalue weighted by Gasteiger charge is -2.24. The van der Waals surface area contributed by atoms with Crippen molar-refractivity contribution in [3.8, 4) is 0 Å². The maximum absolute atomic E-state index is 6.16. The third kappa shape index (κ3) is 4.20. The summed E-state index contributed by atoms with van der Waals surface area (Å²) in [6, 6.07) is 3.46. The normalized spacial score (nSPS) is 26.2. The number of nitrogens with one attached hydrogen (secondary N) is 1. The van der Waals surface area contributed by atoms with Gasteiger partial charge in [-0.05, 0) is 30.9 Å². The fourth-order valence-corrected chi connectivity index (χ4v) is 3.11. The molecule has 3 heterocycles. The molecule has 0 radical (unpaired) electrons. The first-order chi connectivity index (χ1) is 8.31. The Morgan fingerprint density at radius 3 is 2.84 bits per heavy atom. The molecule has 0 amide bonds. The maximum Gasteiger partial charge on any atom is 0.0634 e. The molecule has 1 N–H and O–H groups in total. The topological polar surface area (TPSA) is 28.2 Å². The largest absolute Gasteiger partial charge is 0.310 e. The summed E-state index contributed by atoms with van der Waals surface area (Å²) in [7, 11) is 0. The van der Waals surface area contributed by atoms with Gasteiger partial charge in [-0.3, -0.25) is 9.88 Å². The van der Waals surface area contributed by atoms with Crippen molar-refractivity contribution in [2.75, 3.05) is 13.1 Å². The van der Waals surface area contributed by atoms with E-state index in [1.807, 2.05) is 12.3 Å². The molecule has 108 valence electrons. The third-order valence-electron chi connectivity index (χ3n) is 3.86. The number of nitrogens with zero attached hydrogens (tertiary/aromatic N) is 2. The van der Waals surface area contributed by atoms with E-state index in [0.29, 0.717) is 6.04 Å². The summed E-state index contributed by atoms with van der Waals surface area (Å²) in [6.45, 7) is 3.27. The van der Waals surface area contributed by atoms with Gasteiger partial charge >= 0.3 is 0 Å². The van der Waals surface area contributed by atoms with E-state index in [9.17, 15) is 0 Å². The molecule has 2 bridgehead atoms. The van der Waals surface area contributed by atoms with Gasteiger partial charge in [0.2, 0.25) is 0 Å². The highest BCUT2D eigenvalue weighted by atomic mass is 35.5. The number of halogens is 3. The van der Waals surface area contributed by atoms with E-state index in [-0.39, 0.29) is 24.8 Å². The van der Waals surface area contributed by atoms with E-state index >= 15 is 0 Å². The molecule has 6 heteroatoms. The summed E-state index contributed by atoms with van der Waals surface area (Å²) in [5, 5.41) is 4.48. The Morgan fingerprint density at radius 2 is 2.05 bits per heavy atom. The summed E-state index contributed by atoms with van der Waals surface area (Å²) in [6.07, 6.45) is 7.50. The van der Waals surface area contributed by atoms with Crippen LogP contribution in [0.15, 0.2) is 18.5 Å². The smallest absolute Gasteiger partial charge is 0.0634 e. The first kappa shape index (κ1) is 17.0. The molecule has 2 fully saturated rings. The van der Waals surface area contributed by atoms with Crippen molar-refractivity contribution < 1.29 is 0 Å². The highest BCUT2D eigenvalue weighted by molar-refractivity contribution is 6.31. The highest BCUT2D eigenvalue weighted by Crippen LogP contribution is 2.23. The molecular weight excluding hydrogens is 305 g/mol. The molecule has 2 aliphatic rings. The van der Waals surface area contributed by atoms with Crippen LogP contribution in [0.5, 0.6) is 0 Å². The second kappa shape index (κ2) is 7.65. The van der Waals surface area contributed by atoms with Gasteiger partial charge in [-0.25, -0.2) is 0 Å². The fraction of sp³-hybridized carbons (Fsp3) is 0.615. The van der Waals surface area contributed by atoms with Crippen molar-refractivity contribution in [2.24, 2.45) is 0 Å². The quantitative estimate of drug-likeness (QED) is 0.906. The highest BCUT2D eigenvalue weighted by Gasteiger charge is 2.29. The maximum atomic E-state index is 6.16. The monoisotopic (exact) mass is 323 g/mol. The molecule has 3 rings (SSSR count). The summed E-state index contributed by atoms with van der Waals surface area (Å²) < 4.78 is 0. The molecule has 0 aromatic carbocycles. The van der Waals surface area contributed by atoms with Crippen molar-refractivity contribution in [2.45, 2.75) is 37.9 Å². The Labute approximate surface area is 131 Å². The lowest BCUT2D eigenvalue weighted by molar-refractivity contribution is 0.251. The van der Waals surface area contributed by atoms with Crippen LogP contribution in [0.3, 0.4) is 0 Å². The zero-order valence-electron chi connectivity index (χ0n) is 10.7. The van der Waals surface area contributed by atoms with Crippen LogP contribution < -0.4 is 5.32 Å². The lowest BCUT2D eigenvalue weighted by atomic mass is 10.1. The Balaban J connectivity index is 0.000000902. The molecular formula is C13H20Cl3N3. The minimum absolute atomic E-state index is 0. The summed E-state index contributed by atoms with van der Waals surface area (Å²) in [4.78, 5) is 6.54. The molecule has 2 aliphatic heterocycles. The molecule has 1 aromatic heterocycles. The van der Waals surface area contributed by atoms with Gasteiger partial charge in [0, 0.05) is 44.1 Å². The Kier molecular flexibility index (Phi) is 6.84. The van der Waals surface area contributed by atoms with E-state index in [1.165, 1.54) is 31.4 Å². The molecule has 0 saturated carbocycles. The fourth-order valence-electron chi connectivity index (χ4n) is 2.93. The Morgan fingerprint density at radius 1 is 1.26 bits per heavy atom. The SMILES string of the molecule is Cl.Cl.Clc1cnccc1CN1CCC2CCC(C1)N2. The van der Waals surface area contributed by atoms with Crippen LogP contribution in [-0.4, -0.2) is 35.1 Å². The molecule has 2 saturated heterocycles. The van der Waals surface area contributed by atoms with Gasteiger partial charge in [-0.2, -0.15) is 0 Å². The summed E-state index contributed by atoms with van der Waals surface area (Å²) >= 11 is 6.16. The zero-order chi connectivity index (χ0) is 11.7. The predicted molar refractivity (Wildman–Crippen MR) is 83.6 cm³/mol. The number of likely N-dealkylation sites (tertiary alicyclic amines) is 1. The lowest BCUT2D eigenvalue weighted by Crippen LogP contribution is -2.35. The van der Waals surface area contributed by atoms with Crippen LogP contribution >= 0.6 is 36.4 Å². The van der Waals surface area contributed by atoms with Crippen molar-refractivity contribution in [3.05, 3.63) is 29.0 Å². The third-order valence-corrected chi connectivity index (χ3v) is 4.20. The first-order valence-corrected chi connectivity index (χ1v) is 6.76. The van der Waals surface area contributed by atoms with Gasteiger partial charge in [0.25, 0.3) is 0 Å². The molecule has 3 nitrogen and oxygen atoms in total. The molecule has 2 unspecified atom stereocenters. The van der Waals surface area contributed by atoms with E-state index in [2.05, 4.69) is 15.2 Å². The van der Waals surface area contributed by atoms with Crippen molar-refractivity contribution in [3.63, 3.8) is 0 Å². The minimum Gasteiger partial charge on any atom is -0.310 e. The van der Waals surface area contributed by atoms with Crippen molar-refractivity contribution >= 4 is 36.4 Å². The average Bonchev–Trinajstić information content (AvgIpc) is 2.65. The van der Waals surface area contributed by atoms with E-state index in [0.717, 1.165) is 24.2 Å². The number of pyridine rings is 1. The van der Waals surface area contributed by atoms with E-state index in [1.54, 1.807) is 6.20 Å². The number of fused-ring (bicyclic) bond motifs is 2. The Hall–Kier alpha value is -0.0600. The van der Waals surface area contributed by atoms with Crippen LogP contribution in [0, 0.1) is 0 Å². The van der Waals surface area contributed by atoms with Crippen LogP contribution in [0.4, 0.5) is 0 Å². The second-order valence-corrected chi connectivity index (χ2v) is 5.54. The van der Waals surface area contributed by atoms with E-state index < -0.39 is 0 Å². The molecule has 1 aromatic rings. The van der Waals surface area contributed by atoms with Crippen molar-refractivity contribution in [1.29, 1.82) is 0 Å². The van der Waals surface area contributed by atoms with Crippen molar-refractivity contribution in [1.82, 2.24) is 15.2 Å². The standard InChI is InChI=1S/C13H18ClN3.2ClH/c14-13-7-15-5-3-10(13)8-17-6-4-11-1-2-12(9-17)16-11;;/h3,5,7,11-12,16H,1-2,4,6,8-9H2;2*1H. The van der Waals surface area contributed by atoms with Gasteiger partial charge < -0.3 is 5.32 Å². The van der Waals surface area contributed by atoms with E-state index in [4.69, 9.17) is 11.6 Å². The number of hydrogen-bond donors (Lipinski definition) is 1. The number of rotatable bonds is 2.